The number of benzene rings is 3. The second-order valence-corrected chi connectivity index (χ2v) is 6.85. The zero-order chi connectivity index (χ0) is 20.9. The third-order valence-electron chi connectivity index (χ3n) is 4.95. The Labute approximate surface area is 168 Å². The monoisotopic (exact) mass is 407 g/mol. The molecule has 3 aromatic carbocycles. The highest BCUT2D eigenvalue weighted by Gasteiger charge is 2.31. The lowest BCUT2D eigenvalue weighted by molar-refractivity contribution is -0.137. The van der Waals surface area contributed by atoms with E-state index in [1.165, 1.54) is 24.4 Å². The second-order valence-electron chi connectivity index (χ2n) is 6.85. The van der Waals surface area contributed by atoms with Gasteiger partial charge in [-0.2, -0.15) is 18.3 Å². The van der Waals surface area contributed by atoms with Gasteiger partial charge in [-0.1, -0.05) is 36.4 Å². The van der Waals surface area contributed by atoms with Gasteiger partial charge in [0.05, 0.1) is 22.3 Å². The standard InChI is InChI=1S/C23H13F4N3/c24-16-7-9-17(10-8-16)30-22-18-11-6-15(23(25,26)27)12-20(18)28-13-19(22)21(29-30)14-4-2-1-3-5-14/h1-13H. The normalized spacial score (nSPS) is 12.0. The highest BCUT2D eigenvalue weighted by atomic mass is 19.4. The number of hydrogen-bond acceptors (Lipinski definition) is 2. The van der Waals surface area contributed by atoms with Crippen LogP contribution in [0.1, 0.15) is 5.56 Å². The second kappa shape index (κ2) is 6.66. The smallest absolute Gasteiger partial charge is 0.255 e. The summed E-state index contributed by atoms with van der Waals surface area (Å²) in [6.07, 6.45) is -2.93. The molecule has 0 bridgehead atoms. The van der Waals surface area contributed by atoms with Gasteiger partial charge in [-0.25, -0.2) is 9.07 Å². The van der Waals surface area contributed by atoms with Crippen LogP contribution in [0.4, 0.5) is 17.6 Å². The Morgan fingerprint density at radius 1 is 0.800 bits per heavy atom. The molecule has 148 valence electrons. The van der Waals surface area contributed by atoms with Gasteiger partial charge in [-0.05, 0) is 36.4 Å². The first kappa shape index (κ1) is 18.3. The number of pyridine rings is 1. The van der Waals surface area contributed by atoms with Gasteiger partial charge in [0.25, 0.3) is 0 Å². The Bertz CT molecular complexity index is 1370. The Morgan fingerprint density at radius 3 is 2.23 bits per heavy atom. The molecule has 0 atom stereocenters. The van der Waals surface area contributed by atoms with Crippen LogP contribution in [0.25, 0.3) is 38.8 Å². The van der Waals surface area contributed by atoms with Crippen molar-refractivity contribution in [3.63, 3.8) is 0 Å². The predicted molar refractivity (Wildman–Crippen MR) is 107 cm³/mol. The molecule has 3 nitrogen and oxygen atoms in total. The summed E-state index contributed by atoms with van der Waals surface area (Å²) in [7, 11) is 0. The largest absolute Gasteiger partial charge is 0.416 e. The summed E-state index contributed by atoms with van der Waals surface area (Å²) in [5.41, 5.74) is 2.13. The van der Waals surface area contributed by atoms with Crippen LogP contribution in [0, 0.1) is 5.82 Å². The van der Waals surface area contributed by atoms with E-state index in [1.54, 1.807) is 16.8 Å². The summed E-state index contributed by atoms with van der Waals surface area (Å²) in [5, 5.41) is 5.93. The van der Waals surface area contributed by atoms with Crippen molar-refractivity contribution in [3.05, 3.63) is 90.4 Å². The first-order valence-electron chi connectivity index (χ1n) is 9.12. The Morgan fingerprint density at radius 2 is 1.53 bits per heavy atom. The number of halogens is 4. The summed E-state index contributed by atoms with van der Waals surface area (Å²) in [4.78, 5) is 4.28. The lowest BCUT2D eigenvalue weighted by atomic mass is 10.1. The van der Waals surface area contributed by atoms with Crippen molar-refractivity contribution in [2.75, 3.05) is 0 Å². The van der Waals surface area contributed by atoms with Crippen LogP contribution >= 0.6 is 0 Å². The molecule has 5 rings (SSSR count). The molecular formula is C23H13F4N3. The maximum absolute atomic E-state index is 13.4. The molecule has 7 heteroatoms. The summed E-state index contributed by atoms with van der Waals surface area (Å²) in [5.74, 6) is -0.389. The van der Waals surface area contributed by atoms with E-state index in [0.29, 0.717) is 27.7 Å². The molecule has 0 N–H and O–H groups in total. The average molecular weight is 407 g/mol. The molecule has 2 heterocycles. The minimum Gasteiger partial charge on any atom is -0.255 e. The molecule has 0 saturated carbocycles. The van der Waals surface area contributed by atoms with Crippen LogP contribution in [0.2, 0.25) is 0 Å². The molecule has 0 aliphatic heterocycles. The van der Waals surface area contributed by atoms with E-state index in [1.807, 2.05) is 30.3 Å². The fourth-order valence-corrected chi connectivity index (χ4v) is 3.54. The molecule has 0 aliphatic carbocycles. The molecule has 0 aliphatic rings. The van der Waals surface area contributed by atoms with Gasteiger partial charge in [-0.15, -0.1) is 0 Å². The first-order valence-corrected chi connectivity index (χ1v) is 9.12. The third kappa shape index (κ3) is 2.99. The number of alkyl halides is 3. The number of hydrogen-bond donors (Lipinski definition) is 0. The van der Waals surface area contributed by atoms with Crippen molar-refractivity contribution in [1.29, 1.82) is 0 Å². The topological polar surface area (TPSA) is 30.7 Å². The van der Waals surface area contributed by atoms with Crippen molar-refractivity contribution in [1.82, 2.24) is 14.8 Å². The molecule has 0 saturated heterocycles. The summed E-state index contributed by atoms with van der Waals surface area (Å²) in [6, 6.07) is 18.7. The van der Waals surface area contributed by atoms with E-state index >= 15 is 0 Å². The van der Waals surface area contributed by atoms with Crippen LogP contribution in [-0.2, 0) is 6.18 Å². The van der Waals surface area contributed by atoms with Crippen LogP contribution in [0.5, 0.6) is 0 Å². The molecule has 2 aromatic heterocycles. The molecular weight excluding hydrogens is 394 g/mol. The summed E-state index contributed by atoms with van der Waals surface area (Å²) in [6.45, 7) is 0. The van der Waals surface area contributed by atoms with Gasteiger partial charge in [0, 0.05) is 22.5 Å². The third-order valence-corrected chi connectivity index (χ3v) is 4.95. The number of nitrogens with zero attached hydrogens (tertiary/aromatic N) is 3. The van der Waals surface area contributed by atoms with E-state index in [-0.39, 0.29) is 11.3 Å². The Kier molecular flexibility index (Phi) is 4.06. The van der Waals surface area contributed by atoms with Crippen molar-refractivity contribution in [2.24, 2.45) is 0 Å². The molecule has 0 spiro atoms. The van der Waals surface area contributed by atoms with Gasteiger partial charge < -0.3 is 0 Å². The molecule has 0 fully saturated rings. The Balaban J connectivity index is 1.86. The van der Waals surface area contributed by atoms with Gasteiger partial charge in [0.1, 0.15) is 11.5 Å². The Hall–Kier alpha value is -3.74. The van der Waals surface area contributed by atoms with Crippen LogP contribution in [0.3, 0.4) is 0 Å². The van der Waals surface area contributed by atoms with E-state index in [0.717, 1.165) is 17.7 Å². The molecule has 5 aromatic rings. The fourth-order valence-electron chi connectivity index (χ4n) is 3.54. The predicted octanol–water partition coefficient (Wildman–Crippen LogP) is 6.40. The van der Waals surface area contributed by atoms with Gasteiger partial charge in [-0.3, -0.25) is 4.98 Å². The van der Waals surface area contributed by atoms with Gasteiger partial charge in [0.15, 0.2) is 0 Å². The SMILES string of the molecule is Fc1ccc(-n2nc(-c3ccccc3)c3cnc4cc(C(F)(F)F)ccc4c32)cc1. The lowest BCUT2D eigenvalue weighted by Crippen LogP contribution is -2.04. The highest BCUT2D eigenvalue weighted by molar-refractivity contribution is 6.08. The summed E-state index contributed by atoms with van der Waals surface area (Å²) < 4.78 is 54.5. The van der Waals surface area contributed by atoms with Gasteiger partial charge in [0.2, 0.25) is 0 Å². The van der Waals surface area contributed by atoms with Crippen LogP contribution < -0.4 is 0 Å². The maximum Gasteiger partial charge on any atom is 0.416 e. The molecule has 30 heavy (non-hydrogen) atoms. The van der Waals surface area contributed by atoms with Crippen molar-refractivity contribution >= 4 is 21.8 Å². The molecule has 0 radical (unpaired) electrons. The van der Waals surface area contributed by atoms with E-state index < -0.39 is 11.7 Å². The molecule has 0 unspecified atom stereocenters. The van der Waals surface area contributed by atoms with E-state index in [4.69, 9.17) is 5.10 Å². The summed E-state index contributed by atoms with van der Waals surface area (Å²) >= 11 is 0. The lowest BCUT2D eigenvalue weighted by Gasteiger charge is -2.09. The number of aromatic nitrogens is 3. The van der Waals surface area contributed by atoms with Crippen LogP contribution in [-0.4, -0.2) is 14.8 Å². The van der Waals surface area contributed by atoms with Crippen LogP contribution in [0.15, 0.2) is 79.0 Å². The van der Waals surface area contributed by atoms with E-state index in [9.17, 15) is 17.6 Å². The quantitative estimate of drug-likeness (QED) is 0.317. The number of rotatable bonds is 2. The van der Waals surface area contributed by atoms with Crippen molar-refractivity contribution in [2.45, 2.75) is 6.18 Å². The highest BCUT2D eigenvalue weighted by Crippen LogP contribution is 2.36. The minimum absolute atomic E-state index is 0.209. The number of fused-ring (bicyclic) bond motifs is 3. The van der Waals surface area contributed by atoms with Gasteiger partial charge >= 0.3 is 6.18 Å². The zero-order valence-electron chi connectivity index (χ0n) is 15.4. The zero-order valence-corrected chi connectivity index (χ0v) is 15.4. The maximum atomic E-state index is 13.4. The van der Waals surface area contributed by atoms with Crippen molar-refractivity contribution in [3.8, 4) is 16.9 Å². The average Bonchev–Trinajstić information content (AvgIpc) is 3.14. The fraction of sp³-hybridized carbons (Fsp3) is 0.0435. The first-order chi connectivity index (χ1) is 14.4. The van der Waals surface area contributed by atoms with E-state index in [2.05, 4.69) is 4.98 Å². The minimum atomic E-state index is -4.46. The van der Waals surface area contributed by atoms with Crippen molar-refractivity contribution < 1.29 is 17.6 Å². The molecule has 0 amide bonds.